The summed E-state index contributed by atoms with van der Waals surface area (Å²) < 4.78 is 0. The zero-order chi connectivity index (χ0) is 14.4. The van der Waals surface area contributed by atoms with Crippen molar-refractivity contribution in [2.24, 2.45) is 0 Å². The summed E-state index contributed by atoms with van der Waals surface area (Å²) in [6.45, 7) is 8.55. The van der Waals surface area contributed by atoms with E-state index >= 15 is 0 Å². The third kappa shape index (κ3) is 4.28. The van der Waals surface area contributed by atoms with Gasteiger partial charge in [-0.2, -0.15) is 0 Å². The van der Waals surface area contributed by atoms with E-state index < -0.39 is 0 Å². The van der Waals surface area contributed by atoms with Gasteiger partial charge in [0.2, 0.25) is 5.91 Å². The molecule has 0 bridgehead atoms. The van der Waals surface area contributed by atoms with Crippen molar-refractivity contribution in [2.45, 2.75) is 27.7 Å². The van der Waals surface area contributed by atoms with Gasteiger partial charge < -0.3 is 15.5 Å². The van der Waals surface area contributed by atoms with E-state index in [4.69, 9.17) is 0 Å². The lowest BCUT2D eigenvalue weighted by Crippen LogP contribution is -2.34. The molecule has 0 aliphatic rings. The minimum atomic E-state index is -0.134. The number of urea groups is 1. The average Bonchev–Trinajstić information content (AvgIpc) is 2.34. The summed E-state index contributed by atoms with van der Waals surface area (Å²) in [6.07, 6.45) is 0. The SMILES string of the molecule is CCN(CC)C(=O)Nc1cc(NC(C)=O)ccc1C. The number of carbonyl (C=O) groups excluding carboxylic acids is 2. The van der Waals surface area contributed by atoms with Gasteiger partial charge in [-0.1, -0.05) is 6.07 Å². The normalized spacial score (nSPS) is 9.89. The van der Waals surface area contributed by atoms with Crippen LogP contribution in [0.4, 0.5) is 16.2 Å². The molecule has 0 saturated heterocycles. The van der Waals surface area contributed by atoms with E-state index in [1.54, 1.807) is 11.0 Å². The van der Waals surface area contributed by atoms with Crippen LogP contribution in [0.2, 0.25) is 0 Å². The van der Waals surface area contributed by atoms with Gasteiger partial charge in [0.15, 0.2) is 0 Å². The summed E-state index contributed by atoms with van der Waals surface area (Å²) in [4.78, 5) is 24.7. The monoisotopic (exact) mass is 263 g/mol. The smallest absolute Gasteiger partial charge is 0.321 e. The lowest BCUT2D eigenvalue weighted by molar-refractivity contribution is -0.114. The number of nitrogens with zero attached hydrogens (tertiary/aromatic N) is 1. The van der Waals surface area contributed by atoms with Gasteiger partial charge in [-0.15, -0.1) is 0 Å². The van der Waals surface area contributed by atoms with Gasteiger partial charge in [-0.25, -0.2) is 4.79 Å². The Bertz CT molecular complexity index is 468. The Morgan fingerprint density at radius 2 is 1.79 bits per heavy atom. The lowest BCUT2D eigenvalue weighted by Gasteiger charge is -2.20. The summed E-state index contributed by atoms with van der Waals surface area (Å²) in [7, 11) is 0. The maximum atomic E-state index is 12.0. The van der Waals surface area contributed by atoms with Gasteiger partial charge in [0.1, 0.15) is 0 Å². The molecule has 0 unspecified atom stereocenters. The van der Waals surface area contributed by atoms with Crippen molar-refractivity contribution >= 4 is 23.3 Å². The fourth-order valence-corrected chi connectivity index (χ4v) is 1.74. The largest absolute Gasteiger partial charge is 0.326 e. The number of carbonyl (C=O) groups is 2. The molecular weight excluding hydrogens is 242 g/mol. The number of anilines is 2. The van der Waals surface area contributed by atoms with E-state index in [1.807, 2.05) is 32.9 Å². The summed E-state index contributed by atoms with van der Waals surface area (Å²) in [5, 5.41) is 5.56. The van der Waals surface area contributed by atoms with Gasteiger partial charge in [-0.3, -0.25) is 4.79 Å². The molecule has 0 fully saturated rings. The van der Waals surface area contributed by atoms with Gasteiger partial charge in [0, 0.05) is 31.4 Å². The Balaban J connectivity index is 2.87. The van der Waals surface area contributed by atoms with Crippen LogP contribution < -0.4 is 10.6 Å². The van der Waals surface area contributed by atoms with Crippen LogP contribution in [0.1, 0.15) is 26.3 Å². The Labute approximate surface area is 114 Å². The molecule has 1 aromatic rings. The van der Waals surface area contributed by atoms with E-state index in [2.05, 4.69) is 10.6 Å². The van der Waals surface area contributed by atoms with Crippen molar-refractivity contribution in [1.82, 2.24) is 4.90 Å². The molecule has 19 heavy (non-hydrogen) atoms. The molecule has 2 N–H and O–H groups in total. The van der Waals surface area contributed by atoms with Crippen LogP contribution in [0, 0.1) is 6.92 Å². The Hall–Kier alpha value is -2.04. The van der Waals surface area contributed by atoms with E-state index in [0.29, 0.717) is 24.5 Å². The highest BCUT2D eigenvalue weighted by molar-refractivity contribution is 5.93. The Morgan fingerprint density at radius 3 is 2.32 bits per heavy atom. The van der Waals surface area contributed by atoms with Crippen molar-refractivity contribution in [3.8, 4) is 0 Å². The van der Waals surface area contributed by atoms with Gasteiger partial charge in [0.05, 0.1) is 0 Å². The van der Waals surface area contributed by atoms with E-state index in [0.717, 1.165) is 5.56 Å². The molecule has 0 heterocycles. The number of rotatable bonds is 4. The molecule has 3 amide bonds. The van der Waals surface area contributed by atoms with Crippen molar-refractivity contribution in [2.75, 3.05) is 23.7 Å². The van der Waals surface area contributed by atoms with E-state index in [9.17, 15) is 9.59 Å². The highest BCUT2D eigenvalue weighted by Gasteiger charge is 2.11. The van der Waals surface area contributed by atoms with Gasteiger partial charge in [-0.05, 0) is 38.5 Å². The van der Waals surface area contributed by atoms with Crippen molar-refractivity contribution in [3.05, 3.63) is 23.8 Å². The molecule has 0 spiro atoms. The number of hydrogen-bond acceptors (Lipinski definition) is 2. The highest BCUT2D eigenvalue weighted by atomic mass is 16.2. The molecule has 0 aromatic heterocycles. The van der Waals surface area contributed by atoms with Crippen LogP contribution in [0.15, 0.2) is 18.2 Å². The third-order valence-electron chi connectivity index (χ3n) is 2.85. The number of aryl methyl sites for hydroxylation is 1. The summed E-state index contributed by atoms with van der Waals surface area (Å²) in [6, 6.07) is 5.30. The molecule has 1 rings (SSSR count). The summed E-state index contributed by atoms with van der Waals surface area (Å²) >= 11 is 0. The molecule has 0 atom stereocenters. The van der Waals surface area contributed by atoms with E-state index in [1.165, 1.54) is 6.92 Å². The van der Waals surface area contributed by atoms with Crippen molar-refractivity contribution < 1.29 is 9.59 Å². The van der Waals surface area contributed by atoms with Crippen LogP contribution in [0.25, 0.3) is 0 Å². The maximum Gasteiger partial charge on any atom is 0.321 e. The summed E-state index contributed by atoms with van der Waals surface area (Å²) in [5.74, 6) is -0.134. The molecule has 5 nitrogen and oxygen atoms in total. The standard InChI is InChI=1S/C14H21N3O2/c1-5-17(6-2)14(19)16-13-9-12(15-11(4)18)8-7-10(13)3/h7-9H,5-6H2,1-4H3,(H,15,18)(H,16,19). The zero-order valence-corrected chi connectivity index (χ0v) is 11.9. The lowest BCUT2D eigenvalue weighted by atomic mass is 10.2. The average molecular weight is 263 g/mol. The Kier molecular flexibility index (Phi) is 5.36. The zero-order valence-electron chi connectivity index (χ0n) is 11.9. The Morgan fingerprint density at radius 1 is 1.16 bits per heavy atom. The third-order valence-corrected chi connectivity index (χ3v) is 2.85. The topological polar surface area (TPSA) is 61.4 Å². The minimum absolute atomic E-state index is 0.131. The number of hydrogen-bond donors (Lipinski definition) is 2. The minimum Gasteiger partial charge on any atom is -0.326 e. The second-order valence-electron chi connectivity index (χ2n) is 4.31. The van der Waals surface area contributed by atoms with Crippen LogP contribution in [-0.4, -0.2) is 29.9 Å². The predicted octanol–water partition coefficient (Wildman–Crippen LogP) is 2.83. The quantitative estimate of drug-likeness (QED) is 0.877. The van der Waals surface area contributed by atoms with Crippen molar-refractivity contribution in [1.29, 1.82) is 0 Å². The van der Waals surface area contributed by atoms with Gasteiger partial charge >= 0.3 is 6.03 Å². The van der Waals surface area contributed by atoms with Crippen LogP contribution in [0.5, 0.6) is 0 Å². The van der Waals surface area contributed by atoms with Crippen molar-refractivity contribution in [3.63, 3.8) is 0 Å². The first-order chi connectivity index (χ1) is 8.97. The molecule has 0 aliphatic carbocycles. The highest BCUT2D eigenvalue weighted by Crippen LogP contribution is 2.20. The molecule has 0 radical (unpaired) electrons. The molecular formula is C14H21N3O2. The maximum absolute atomic E-state index is 12.0. The first kappa shape index (κ1) is 15.0. The molecule has 104 valence electrons. The molecule has 5 heteroatoms. The first-order valence-corrected chi connectivity index (χ1v) is 6.42. The molecule has 1 aromatic carbocycles. The number of benzene rings is 1. The van der Waals surface area contributed by atoms with E-state index in [-0.39, 0.29) is 11.9 Å². The second kappa shape index (κ2) is 6.78. The van der Waals surface area contributed by atoms with Gasteiger partial charge in [0.25, 0.3) is 0 Å². The van der Waals surface area contributed by atoms with Crippen LogP contribution in [-0.2, 0) is 4.79 Å². The van der Waals surface area contributed by atoms with Crippen LogP contribution >= 0.6 is 0 Å². The molecule has 0 saturated carbocycles. The fraction of sp³-hybridized carbons (Fsp3) is 0.429. The first-order valence-electron chi connectivity index (χ1n) is 6.42. The van der Waals surface area contributed by atoms with Crippen LogP contribution in [0.3, 0.4) is 0 Å². The molecule has 0 aliphatic heterocycles. The number of nitrogens with one attached hydrogen (secondary N) is 2. The second-order valence-corrected chi connectivity index (χ2v) is 4.31. The fourth-order valence-electron chi connectivity index (χ4n) is 1.74. The number of amides is 3. The summed E-state index contributed by atoms with van der Waals surface area (Å²) in [5.41, 5.74) is 2.34. The predicted molar refractivity (Wildman–Crippen MR) is 77.4 cm³/mol.